The van der Waals surface area contributed by atoms with Gasteiger partial charge in [-0.15, -0.1) is 0 Å². The number of aliphatic imine (C=N–C) groups is 1. The monoisotopic (exact) mass is 342 g/mol. The second-order valence-electron chi connectivity index (χ2n) is 6.39. The van der Waals surface area contributed by atoms with E-state index in [9.17, 15) is 14.4 Å². The number of nitrogens with one attached hydrogen (secondary N) is 2. The van der Waals surface area contributed by atoms with Crippen LogP contribution in [0.2, 0.25) is 0 Å². The van der Waals surface area contributed by atoms with E-state index in [-0.39, 0.29) is 24.0 Å². The van der Waals surface area contributed by atoms with Gasteiger partial charge in [-0.3, -0.25) is 19.7 Å². The Kier molecular flexibility index (Phi) is 5.11. The standard InChI is InChI=1S/C18H22N4O3/c1-12(23)13-5-7-14(8-6-13)19-17(25)15-11-16(24)21-18(20-15)22-9-3-2-4-10-22/h5-8,15H,2-4,9-11H2,1H3,(H,19,25)(H,20,21,24). The molecular weight excluding hydrogens is 320 g/mol. The summed E-state index contributed by atoms with van der Waals surface area (Å²) in [6, 6.07) is 5.93. The first-order chi connectivity index (χ1) is 12.0. The van der Waals surface area contributed by atoms with Crippen LogP contribution in [0.15, 0.2) is 29.3 Å². The van der Waals surface area contributed by atoms with Crippen LogP contribution >= 0.6 is 0 Å². The highest BCUT2D eigenvalue weighted by Gasteiger charge is 2.29. The Labute approximate surface area is 146 Å². The number of carbonyl (C=O) groups excluding carboxylic acids is 3. The van der Waals surface area contributed by atoms with Crippen LogP contribution in [0.5, 0.6) is 0 Å². The smallest absolute Gasteiger partial charge is 0.249 e. The summed E-state index contributed by atoms with van der Waals surface area (Å²) in [5.74, 6) is -0.0387. The van der Waals surface area contributed by atoms with Gasteiger partial charge in [0.2, 0.25) is 17.8 Å². The van der Waals surface area contributed by atoms with Crippen LogP contribution in [0.25, 0.3) is 0 Å². The Morgan fingerprint density at radius 1 is 1.16 bits per heavy atom. The molecule has 0 aromatic heterocycles. The number of rotatable bonds is 3. The second-order valence-corrected chi connectivity index (χ2v) is 6.39. The minimum atomic E-state index is -0.738. The van der Waals surface area contributed by atoms with Crippen LogP contribution in [0, 0.1) is 0 Å². The maximum Gasteiger partial charge on any atom is 0.249 e. The second kappa shape index (κ2) is 7.46. The summed E-state index contributed by atoms with van der Waals surface area (Å²) in [6.45, 7) is 3.19. The van der Waals surface area contributed by atoms with Crippen LogP contribution in [0.3, 0.4) is 0 Å². The third kappa shape index (κ3) is 4.23. The Hall–Kier alpha value is -2.70. The van der Waals surface area contributed by atoms with Crippen molar-refractivity contribution >= 4 is 29.2 Å². The van der Waals surface area contributed by atoms with E-state index in [1.807, 2.05) is 4.90 Å². The maximum absolute atomic E-state index is 12.5. The Balaban J connectivity index is 1.69. The van der Waals surface area contributed by atoms with Gasteiger partial charge in [-0.25, -0.2) is 4.99 Å². The molecule has 2 aliphatic heterocycles. The Morgan fingerprint density at radius 2 is 1.84 bits per heavy atom. The molecule has 7 heteroatoms. The number of guanidine groups is 1. The number of amides is 2. The van der Waals surface area contributed by atoms with E-state index in [0.29, 0.717) is 17.2 Å². The largest absolute Gasteiger partial charge is 0.343 e. The average Bonchev–Trinajstić information content (AvgIpc) is 2.62. The first kappa shape index (κ1) is 17.1. The zero-order chi connectivity index (χ0) is 17.8. The summed E-state index contributed by atoms with van der Waals surface area (Å²) < 4.78 is 0. The summed E-state index contributed by atoms with van der Waals surface area (Å²) in [6.07, 6.45) is 3.34. The molecule has 132 valence electrons. The number of ketones is 1. The molecule has 1 aromatic rings. The zero-order valence-corrected chi connectivity index (χ0v) is 14.2. The molecule has 1 aromatic carbocycles. The lowest BCUT2D eigenvalue weighted by molar-refractivity contribution is -0.125. The Bertz CT molecular complexity index is 706. The lowest BCUT2D eigenvalue weighted by Gasteiger charge is -2.32. The van der Waals surface area contributed by atoms with Crippen molar-refractivity contribution in [2.75, 3.05) is 18.4 Å². The van der Waals surface area contributed by atoms with Gasteiger partial charge in [0.15, 0.2) is 5.78 Å². The maximum atomic E-state index is 12.5. The van der Waals surface area contributed by atoms with Gasteiger partial charge in [0.05, 0.1) is 6.42 Å². The van der Waals surface area contributed by atoms with Crippen molar-refractivity contribution in [1.82, 2.24) is 10.2 Å². The molecule has 1 unspecified atom stereocenters. The molecule has 0 aliphatic carbocycles. The van der Waals surface area contributed by atoms with Gasteiger partial charge in [-0.1, -0.05) is 0 Å². The third-order valence-electron chi connectivity index (χ3n) is 4.43. The number of nitrogens with zero attached hydrogens (tertiary/aromatic N) is 2. The van der Waals surface area contributed by atoms with Crippen molar-refractivity contribution in [3.63, 3.8) is 0 Å². The van der Waals surface area contributed by atoms with E-state index in [1.54, 1.807) is 24.3 Å². The van der Waals surface area contributed by atoms with Crippen LogP contribution in [-0.4, -0.2) is 47.6 Å². The number of hydrogen-bond acceptors (Lipinski definition) is 5. The molecule has 3 rings (SSSR count). The number of likely N-dealkylation sites (tertiary alicyclic amines) is 1. The van der Waals surface area contributed by atoms with E-state index in [0.717, 1.165) is 25.9 Å². The molecule has 0 radical (unpaired) electrons. The highest BCUT2D eigenvalue weighted by molar-refractivity contribution is 6.06. The van der Waals surface area contributed by atoms with Crippen molar-refractivity contribution < 1.29 is 14.4 Å². The normalized spacial score (nSPS) is 20.5. The summed E-state index contributed by atoms with van der Waals surface area (Å²) in [5.41, 5.74) is 1.16. The van der Waals surface area contributed by atoms with Gasteiger partial charge < -0.3 is 10.2 Å². The number of benzene rings is 1. The van der Waals surface area contributed by atoms with Crippen molar-refractivity contribution in [3.05, 3.63) is 29.8 Å². The van der Waals surface area contributed by atoms with Gasteiger partial charge in [-0.05, 0) is 50.5 Å². The van der Waals surface area contributed by atoms with Crippen LogP contribution < -0.4 is 10.6 Å². The predicted octanol–water partition coefficient (Wildman–Crippen LogP) is 1.56. The van der Waals surface area contributed by atoms with Gasteiger partial charge in [0.25, 0.3) is 0 Å². The van der Waals surface area contributed by atoms with Crippen molar-refractivity contribution in [1.29, 1.82) is 0 Å². The summed E-state index contributed by atoms with van der Waals surface area (Å²) >= 11 is 0. The minimum absolute atomic E-state index is 0.0300. The van der Waals surface area contributed by atoms with Gasteiger partial charge in [-0.2, -0.15) is 0 Å². The summed E-state index contributed by atoms with van der Waals surface area (Å²) in [5, 5.41) is 5.54. The van der Waals surface area contributed by atoms with Gasteiger partial charge in [0, 0.05) is 24.3 Å². The number of hydrogen-bond donors (Lipinski definition) is 2. The Morgan fingerprint density at radius 3 is 2.48 bits per heavy atom. The molecule has 1 atom stereocenters. The molecule has 2 amide bonds. The van der Waals surface area contributed by atoms with Crippen LogP contribution in [0.1, 0.15) is 43.0 Å². The van der Waals surface area contributed by atoms with E-state index >= 15 is 0 Å². The van der Waals surface area contributed by atoms with Crippen molar-refractivity contribution in [2.24, 2.45) is 4.99 Å². The fourth-order valence-electron chi connectivity index (χ4n) is 3.01. The molecular formula is C18H22N4O3. The molecule has 0 spiro atoms. The lowest BCUT2D eigenvalue weighted by atomic mass is 10.1. The summed E-state index contributed by atoms with van der Waals surface area (Å²) in [7, 11) is 0. The first-order valence-electron chi connectivity index (χ1n) is 8.57. The van der Waals surface area contributed by atoms with E-state index < -0.39 is 6.04 Å². The SMILES string of the molecule is CC(=O)c1ccc(NC(=O)C2CC(=O)NC(N3CCCCC3)=N2)cc1. The molecule has 0 bridgehead atoms. The molecule has 7 nitrogen and oxygen atoms in total. The minimum Gasteiger partial charge on any atom is -0.343 e. The number of anilines is 1. The summed E-state index contributed by atoms with van der Waals surface area (Å²) in [4.78, 5) is 42.2. The highest BCUT2D eigenvalue weighted by atomic mass is 16.2. The number of Topliss-reactive ketones (excluding diaryl/α,β-unsaturated/α-hetero) is 1. The van der Waals surface area contributed by atoms with Gasteiger partial charge in [0.1, 0.15) is 6.04 Å². The van der Waals surface area contributed by atoms with Crippen LogP contribution in [0.4, 0.5) is 5.69 Å². The molecule has 2 aliphatic rings. The number of piperidine rings is 1. The van der Waals surface area contributed by atoms with E-state index in [4.69, 9.17) is 0 Å². The van der Waals surface area contributed by atoms with Gasteiger partial charge >= 0.3 is 0 Å². The predicted molar refractivity (Wildman–Crippen MR) is 94.5 cm³/mol. The molecule has 1 fully saturated rings. The fourth-order valence-corrected chi connectivity index (χ4v) is 3.01. The van der Waals surface area contributed by atoms with Crippen molar-refractivity contribution in [3.8, 4) is 0 Å². The first-order valence-corrected chi connectivity index (χ1v) is 8.57. The molecule has 0 saturated carbocycles. The topological polar surface area (TPSA) is 90.9 Å². The van der Waals surface area contributed by atoms with Crippen LogP contribution in [-0.2, 0) is 9.59 Å². The third-order valence-corrected chi connectivity index (χ3v) is 4.43. The quantitative estimate of drug-likeness (QED) is 0.816. The average molecular weight is 342 g/mol. The molecule has 1 saturated heterocycles. The zero-order valence-electron chi connectivity index (χ0n) is 14.2. The van der Waals surface area contributed by atoms with E-state index in [1.165, 1.54) is 13.3 Å². The molecule has 25 heavy (non-hydrogen) atoms. The van der Waals surface area contributed by atoms with Crippen molar-refractivity contribution in [2.45, 2.75) is 38.6 Å². The molecule has 2 N–H and O–H groups in total. The number of carbonyl (C=O) groups is 3. The highest BCUT2D eigenvalue weighted by Crippen LogP contribution is 2.15. The fraction of sp³-hybridized carbons (Fsp3) is 0.444. The molecule has 2 heterocycles. The van der Waals surface area contributed by atoms with E-state index in [2.05, 4.69) is 15.6 Å². The lowest BCUT2D eigenvalue weighted by Crippen LogP contribution is -2.51.